The van der Waals surface area contributed by atoms with Crippen LogP contribution in [0.4, 0.5) is 8.78 Å². The largest absolute Gasteiger partial charge is 0.323 e. The highest BCUT2D eigenvalue weighted by molar-refractivity contribution is 7.15. The van der Waals surface area contributed by atoms with Crippen molar-refractivity contribution in [3.05, 3.63) is 57.0 Å². The van der Waals surface area contributed by atoms with Crippen LogP contribution in [0.2, 0.25) is 0 Å². The zero-order valence-corrected chi connectivity index (χ0v) is 14.0. The van der Waals surface area contributed by atoms with Gasteiger partial charge in [-0.3, -0.25) is 9.20 Å². The first-order chi connectivity index (χ1) is 10.4. The van der Waals surface area contributed by atoms with Gasteiger partial charge < -0.3 is 5.73 Å². The summed E-state index contributed by atoms with van der Waals surface area (Å²) in [5.41, 5.74) is 6.85. The number of aryl methyl sites for hydroxylation is 1. The monoisotopic (exact) mass is 357 g/mol. The number of fused-ring (bicyclic) bond motifs is 1. The van der Waals surface area contributed by atoms with Gasteiger partial charge in [-0.1, -0.05) is 0 Å². The first kappa shape index (κ1) is 17.5. The van der Waals surface area contributed by atoms with Crippen LogP contribution >= 0.6 is 23.7 Å². The molecule has 23 heavy (non-hydrogen) atoms. The van der Waals surface area contributed by atoms with E-state index in [0.717, 1.165) is 18.2 Å². The zero-order valence-electron chi connectivity index (χ0n) is 12.3. The summed E-state index contributed by atoms with van der Waals surface area (Å²) in [6.45, 7) is 3.45. The molecule has 3 rings (SSSR count). The molecule has 0 aliphatic heterocycles. The van der Waals surface area contributed by atoms with Crippen LogP contribution in [0.15, 0.2) is 28.4 Å². The van der Waals surface area contributed by atoms with Crippen molar-refractivity contribution in [3.8, 4) is 11.1 Å². The van der Waals surface area contributed by atoms with Crippen LogP contribution in [0.25, 0.3) is 16.1 Å². The van der Waals surface area contributed by atoms with Gasteiger partial charge in [-0.25, -0.2) is 13.8 Å². The third kappa shape index (κ3) is 2.99. The molecule has 0 aliphatic carbocycles. The highest BCUT2D eigenvalue weighted by atomic mass is 35.5. The molecule has 0 saturated carbocycles. The molecule has 1 atom stereocenters. The number of rotatable bonds is 2. The summed E-state index contributed by atoms with van der Waals surface area (Å²) in [6.07, 6.45) is 0. The molecule has 0 fully saturated rings. The van der Waals surface area contributed by atoms with Gasteiger partial charge in [-0.2, -0.15) is 0 Å². The summed E-state index contributed by atoms with van der Waals surface area (Å²) >= 11 is 1.32. The number of nitrogens with two attached hydrogens (primary N) is 1. The van der Waals surface area contributed by atoms with Crippen molar-refractivity contribution in [2.24, 2.45) is 5.73 Å². The molecule has 0 bridgehead atoms. The summed E-state index contributed by atoms with van der Waals surface area (Å²) < 4.78 is 28.5. The summed E-state index contributed by atoms with van der Waals surface area (Å²) in [6, 6.07) is 2.44. The number of halogens is 3. The third-order valence-electron chi connectivity index (χ3n) is 3.35. The van der Waals surface area contributed by atoms with E-state index in [0.29, 0.717) is 16.3 Å². The fraction of sp³-hybridized carbons (Fsp3) is 0.200. The van der Waals surface area contributed by atoms with Gasteiger partial charge in [0.1, 0.15) is 11.6 Å². The third-order valence-corrected chi connectivity index (χ3v) is 4.29. The van der Waals surface area contributed by atoms with Gasteiger partial charge in [0.05, 0.1) is 11.3 Å². The van der Waals surface area contributed by atoms with E-state index in [9.17, 15) is 13.6 Å². The van der Waals surface area contributed by atoms with Crippen molar-refractivity contribution in [3.63, 3.8) is 0 Å². The van der Waals surface area contributed by atoms with Crippen molar-refractivity contribution in [1.29, 1.82) is 0 Å². The lowest BCUT2D eigenvalue weighted by Crippen LogP contribution is -2.23. The van der Waals surface area contributed by atoms with E-state index in [4.69, 9.17) is 5.73 Å². The van der Waals surface area contributed by atoms with Gasteiger partial charge in [0, 0.05) is 23.2 Å². The Balaban J connectivity index is 0.00000192. The Bertz CT molecular complexity index is 916. The van der Waals surface area contributed by atoms with Gasteiger partial charge in [0.2, 0.25) is 0 Å². The van der Waals surface area contributed by atoms with Crippen molar-refractivity contribution >= 4 is 28.7 Å². The molecule has 0 aliphatic rings. The minimum absolute atomic E-state index is 0. The molecule has 4 nitrogen and oxygen atoms in total. The molecule has 0 radical (unpaired) electrons. The van der Waals surface area contributed by atoms with E-state index < -0.39 is 17.7 Å². The molecule has 2 N–H and O–H groups in total. The Morgan fingerprint density at radius 3 is 2.43 bits per heavy atom. The normalized spacial score (nSPS) is 12.2. The highest BCUT2D eigenvalue weighted by Gasteiger charge is 2.20. The van der Waals surface area contributed by atoms with E-state index in [1.54, 1.807) is 19.2 Å². The number of hydrogen-bond acceptors (Lipinski definition) is 4. The number of benzene rings is 1. The molecule has 0 amide bonds. The lowest BCUT2D eigenvalue weighted by molar-refractivity contribution is 0.584. The molecule has 2 heterocycles. The minimum atomic E-state index is -0.753. The van der Waals surface area contributed by atoms with Crippen molar-refractivity contribution < 1.29 is 8.78 Å². The maximum absolute atomic E-state index is 13.5. The Hall–Kier alpha value is -1.83. The van der Waals surface area contributed by atoms with Crippen LogP contribution in [-0.4, -0.2) is 9.38 Å². The lowest BCUT2D eigenvalue weighted by atomic mass is 10.0. The fourth-order valence-corrected chi connectivity index (χ4v) is 3.26. The first-order valence-electron chi connectivity index (χ1n) is 6.61. The van der Waals surface area contributed by atoms with Gasteiger partial charge in [0.15, 0.2) is 4.96 Å². The molecule has 1 aromatic carbocycles. The average molecular weight is 358 g/mol. The molecule has 122 valence electrons. The molecular weight excluding hydrogens is 344 g/mol. The van der Waals surface area contributed by atoms with Crippen molar-refractivity contribution in [1.82, 2.24) is 9.38 Å². The molecular formula is C15H14ClF2N3OS. The summed E-state index contributed by atoms with van der Waals surface area (Å²) in [5, 5.41) is 1.80. The number of thiazole rings is 1. The van der Waals surface area contributed by atoms with Crippen LogP contribution in [0, 0.1) is 18.6 Å². The standard InChI is InChI=1S/C15H13F2N3OS.ClH/c1-7-6-22-15-19-13(8(2)18)12(14(21)20(7)15)9-3-10(16)5-11(17)4-9;/h3-6,8H,18H2,1-2H3;1H. The Labute approximate surface area is 141 Å². The van der Waals surface area contributed by atoms with E-state index in [-0.39, 0.29) is 29.1 Å². The quantitative estimate of drug-likeness (QED) is 0.764. The number of nitrogens with zero attached hydrogens (tertiary/aromatic N) is 2. The zero-order chi connectivity index (χ0) is 16.0. The maximum Gasteiger partial charge on any atom is 0.266 e. The second-order valence-electron chi connectivity index (χ2n) is 5.12. The SMILES string of the molecule is Cc1csc2nc(C(C)N)c(-c3cc(F)cc(F)c3)c(=O)n12.Cl. The minimum Gasteiger partial charge on any atom is -0.323 e. The van der Waals surface area contributed by atoms with Crippen LogP contribution < -0.4 is 11.3 Å². The molecule has 8 heteroatoms. The topological polar surface area (TPSA) is 60.4 Å². The fourth-order valence-electron chi connectivity index (χ4n) is 2.40. The summed E-state index contributed by atoms with van der Waals surface area (Å²) in [4.78, 5) is 17.7. The number of hydrogen-bond donors (Lipinski definition) is 1. The average Bonchev–Trinajstić information content (AvgIpc) is 2.79. The second-order valence-corrected chi connectivity index (χ2v) is 5.96. The molecule has 0 saturated heterocycles. The van der Waals surface area contributed by atoms with E-state index >= 15 is 0 Å². The summed E-state index contributed by atoms with van der Waals surface area (Å²) in [7, 11) is 0. The van der Waals surface area contributed by atoms with Gasteiger partial charge >= 0.3 is 0 Å². The number of aromatic nitrogens is 2. The van der Waals surface area contributed by atoms with Crippen LogP contribution in [0.3, 0.4) is 0 Å². The predicted octanol–water partition coefficient (Wildman–Crippen LogP) is 3.45. The maximum atomic E-state index is 13.5. The van der Waals surface area contributed by atoms with E-state index in [2.05, 4.69) is 4.98 Å². The van der Waals surface area contributed by atoms with E-state index in [1.807, 2.05) is 0 Å². The predicted molar refractivity (Wildman–Crippen MR) is 89.3 cm³/mol. The smallest absolute Gasteiger partial charge is 0.266 e. The van der Waals surface area contributed by atoms with Crippen molar-refractivity contribution in [2.45, 2.75) is 19.9 Å². The first-order valence-corrected chi connectivity index (χ1v) is 7.49. The van der Waals surface area contributed by atoms with Gasteiger partial charge in [-0.15, -0.1) is 23.7 Å². The van der Waals surface area contributed by atoms with Gasteiger partial charge in [0.25, 0.3) is 5.56 Å². The van der Waals surface area contributed by atoms with Crippen LogP contribution in [0.5, 0.6) is 0 Å². The van der Waals surface area contributed by atoms with Crippen LogP contribution in [-0.2, 0) is 0 Å². The highest BCUT2D eigenvalue weighted by Crippen LogP contribution is 2.26. The Kier molecular flexibility index (Phi) is 4.84. The molecule has 3 aromatic rings. The molecule has 2 aromatic heterocycles. The Morgan fingerprint density at radius 1 is 1.26 bits per heavy atom. The second kappa shape index (κ2) is 6.35. The molecule has 1 unspecified atom stereocenters. The lowest BCUT2D eigenvalue weighted by Gasteiger charge is -2.12. The van der Waals surface area contributed by atoms with Crippen molar-refractivity contribution in [2.75, 3.05) is 0 Å². The van der Waals surface area contributed by atoms with Crippen LogP contribution in [0.1, 0.15) is 24.4 Å². The Morgan fingerprint density at radius 2 is 1.87 bits per heavy atom. The van der Waals surface area contributed by atoms with Gasteiger partial charge in [-0.05, 0) is 31.5 Å². The van der Waals surface area contributed by atoms with E-state index in [1.165, 1.54) is 15.7 Å². The molecule has 0 spiro atoms. The summed E-state index contributed by atoms with van der Waals surface area (Å²) in [5.74, 6) is -1.51.